The number of carbonyl (C=O) groups excluding carboxylic acids is 1. The molecule has 5 nitrogen and oxygen atoms in total. The van der Waals surface area contributed by atoms with Gasteiger partial charge in [-0.05, 0) is 19.9 Å². The minimum absolute atomic E-state index is 0.0884. The third-order valence-electron chi connectivity index (χ3n) is 3.88. The Labute approximate surface area is 146 Å². The Bertz CT molecular complexity index is 774. The zero-order valence-corrected chi connectivity index (χ0v) is 14.4. The van der Waals surface area contributed by atoms with Crippen molar-refractivity contribution >= 4 is 17.2 Å². The maximum absolute atomic E-state index is 12.5. The molecular formula is C16H16F3N3O2S. The predicted molar refractivity (Wildman–Crippen MR) is 85.8 cm³/mol. The van der Waals surface area contributed by atoms with Crippen molar-refractivity contribution < 1.29 is 22.7 Å². The Balaban J connectivity index is 1.61. The lowest BCUT2D eigenvalue weighted by Gasteiger charge is -2.16. The summed E-state index contributed by atoms with van der Waals surface area (Å²) in [5.74, 6) is 0.0340. The minimum Gasteiger partial charge on any atom is -0.472 e. The fourth-order valence-corrected chi connectivity index (χ4v) is 3.56. The molecule has 1 saturated heterocycles. The van der Waals surface area contributed by atoms with E-state index in [0.717, 1.165) is 17.3 Å². The van der Waals surface area contributed by atoms with Crippen LogP contribution in [0.3, 0.4) is 0 Å². The van der Waals surface area contributed by atoms with Crippen LogP contribution in [0.5, 0.6) is 5.88 Å². The summed E-state index contributed by atoms with van der Waals surface area (Å²) >= 11 is 1.36. The summed E-state index contributed by atoms with van der Waals surface area (Å²) < 4.78 is 43.2. The highest BCUT2D eigenvalue weighted by molar-refractivity contribution is 7.13. The number of pyridine rings is 1. The van der Waals surface area contributed by atoms with E-state index >= 15 is 0 Å². The van der Waals surface area contributed by atoms with Crippen LogP contribution in [0.2, 0.25) is 0 Å². The molecule has 0 aliphatic carbocycles. The predicted octanol–water partition coefficient (Wildman–Crippen LogP) is 3.47. The summed E-state index contributed by atoms with van der Waals surface area (Å²) in [5, 5.41) is 0.835. The van der Waals surface area contributed by atoms with Gasteiger partial charge in [0.1, 0.15) is 11.0 Å². The number of hydrogen-bond acceptors (Lipinski definition) is 5. The molecule has 2 aromatic rings. The van der Waals surface area contributed by atoms with Gasteiger partial charge in [0.05, 0.1) is 22.8 Å². The van der Waals surface area contributed by atoms with Crippen molar-refractivity contribution in [3.05, 3.63) is 39.5 Å². The Morgan fingerprint density at radius 3 is 2.68 bits per heavy atom. The first-order chi connectivity index (χ1) is 11.7. The first-order valence-corrected chi connectivity index (χ1v) is 8.49. The van der Waals surface area contributed by atoms with Gasteiger partial charge in [-0.3, -0.25) is 4.79 Å². The van der Waals surface area contributed by atoms with Gasteiger partial charge in [-0.15, -0.1) is 11.3 Å². The lowest BCUT2D eigenvalue weighted by Crippen LogP contribution is -2.30. The van der Waals surface area contributed by atoms with Gasteiger partial charge >= 0.3 is 6.18 Å². The van der Waals surface area contributed by atoms with Crippen LogP contribution in [0.15, 0.2) is 18.3 Å². The van der Waals surface area contributed by atoms with E-state index in [9.17, 15) is 18.0 Å². The van der Waals surface area contributed by atoms with Gasteiger partial charge in [0.15, 0.2) is 0 Å². The van der Waals surface area contributed by atoms with Crippen LogP contribution in [0, 0.1) is 13.8 Å². The molecule has 1 fully saturated rings. The fourth-order valence-electron chi connectivity index (χ4n) is 2.67. The number of aromatic nitrogens is 2. The summed E-state index contributed by atoms with van der Waals surface area (Å²) in [6.07, 6.45) is -3.36. The highest BCUT2D eigenvalue weighted by Gasteiger charge is 2.32. The van der Waals surface area contributed by atoms with Gasteiger partial charge in [-0.1, -0.05) is 0 Å². The number of hydrogen-bond donors (Lipinski definition) is 0. The number of thiazole rings is 1. The molecule has 0 N–H and O–H groups in total. The van der Waals surface area contributed by atoms with E-state index in [4.69, 9.17) is 4.74 Å². The van der Waals surface area contributed by atoms with Crippen LogP contribution in [0.1, 0.15) is 32.4 Å². The summed E-state index contributed by atoms with van der Waals surface area (Å²) in [4.78, 5) is 22.8. The van der Waals surface area contributed by atoms with Crippen molar-refractivity contribution in [3.63, 3.8) is 0 Å². The number of alkyl halides is 3. The molecule has 1 aliphatic rings. The summed E-state index contributed by atoms with van der Waals surface area (Å²) in [6, 6.07) is 2.13. The average Bonchev–Trinajstić information content (AvgIpc) is 3.12. The lowest BCUT2D eigenvalue weighted by atomic mass is 10.3. The average molecular weight is 371 g/mol. The molecule has 134 valence electrons. The van der Waals surface area contributed by atoms with Crippen molar-refractivity contribution in [2.45, 2.75) is 32.5 Å². The molecule has 0 spiro atoms. The second-order valence-electron chi connectivity index (χ2n) is 5.81. The van der Waals surface area contributed by atoms with Gasteiger partial charge in [0, 0.05) is 25.2 Å². The molecule has 3 heterocycles. The largest absolute Gasteiger partial charge is 0.472 e. The molecule has 0 radical (unpaired) electrons. The van der Waals surface area contributed by atoms with Crippen molar-refractivity contribution in [3.8, 4) is 5.88 Å². The number of carbonyl (C=O) groups is 1. The van der Waals surface area contributed by atoms with E-state index in [0.29, 0.717) is 30.1 Å². The van der Waals surface area contributed by atoms with Gasteiger partial charge in [0.2, 0.25) is 5.88 Å². The van der Waals surface area contributed by atoms with Crippen molar-refractivity contribution in [1.82, 2.24) is 14.9 Å². The molecule has 1 aliphatic heterocycles. The zero-order valence-electron chi connectivity index (χ0n) is 13.6. The van der Waals surface area contributed by atoms with Crippen molar-refractivity contribution in [1.29, 1.82) is 0 Å². The van der Waals surface area contributed by atoms with E-state index in [1.54, 1.807) is 11.8 Å². The number of aryl methyl sites for hydroxylation is 2. The monoisotopic (exact) mass is 371 g/mol. The van der Waals surface area contributed by atoms with E-state index in [-0.39, 0.29) is 17.9 Å². The molecule has 2 aromatic heterocycles. The first kappa shape index (κ1) is 17.7. The smallest absolute Gasteiger partial charge is 0.417 e. The van der Waals surface area contributed by atoms with Crippen LogP contribution < -0.4 is 4.74 Å². The highest BCUT2D eigenvalue weighted by Crippen LogP contribution is 2.29. The molecule has 0 bridgehead atoms. The second kappa shape index (κ2) is 6.62. The maximum Gasteiger partial charge on any atom is 0.417 e. The fraction of sp³-hybridized carbons (Fsp3) is 0.438. The molecule has 0 saturated carbocycles. The Hall–Kier alpha value is -2.16. The summed E-state index contributed by atoms with van der Waals surface area (Å²) in [5.41, 5.74) is -0.111. The Morgan fingerprint density at radius 2 is 2.12 bits per heavy atom. The Kier molecular flexibility index (Phi) is 4.68. The number of halogens is 3. The van der Waals surface area contributed by atoms with E-state index in [1.165, 1.54) is 17.4 Å². The molecule has 0 aromatic carbocycles. The quantitative estimate of drug-likeness (QED) is 0.829. The van der Waals surface area contributed by atoms with Gasteiger partial charge in [-0.25, -0.2) is 9.97 Å². The number of rotatable bonds is 3. The third-order valence-corrected chi connectivity index (χ3v) is 4.94. The number of likely N-dealkylation sites (tertiary alicyclic amines) is 1. The van der Waals surface area contributed by atoms with E-state index in [2.05, 4.69) is 9.97 Å². The summed E-state index contributed by atoms with van der Waals surface area (Å²) in [7, 11) is 0. The molecule has 1 unspecified atom stereocenters. The summed E-state index contributed by atoms with van der Waals surface area (Å²) in [6.45, 7) is 4.55. The van der Waals surface area contributed by atoms with Crippen LogP contribution in [0.4, 0.5) is 13.2 Å². The van der Waals surface area contributed by atoms with Crippen LogP contribution in [-0.4, -0.2) is 40.0 Å². The first-order valence-electron chi connectivity index (χ1n) is 7.67. The molecule has 9 heteroatoms. The lowest BCUT2D eigenvalue weighted by molar-refractivity contribution is -0.137. The normalized spacial score (nSPS) is 17.8. The SMILES string of the molecule is Cc1nc(C)c(C(=O)N2CCC(Oc3ccc(C(F)(F)F)cn3)C2)s1. The molecule has 1 amide bonds. The molecule has 1 atom stereocenters. The minimum atomic E-state index is -4.42. The topological polar surface area (TPSA) is 55.3 Å². The standard InChI is InChI=1S/C16H16F3N3O2S/c1-9-14(25-10(2)21-9)15(23)22-6-5-12(8-22)24-13-4-3-11(7-20-13)16(17,18)19/h3-4,7,12H,5-6,8H2,1-2H3. The molecule has 3 rings (SSSR count). The van der Waals surface area contributed by atoms with Gasteiger partial charge in [0.25, 0.3) is 5.91 Å². The Morgan fingerprint density at radius 1 is 1.36 bits per heavy atom. The van der Waals surface area contributed by atoms with Crippen molar-refractivity contribution in [2.75, 3.05) is 13.1 Å². The third kappa shape index (κ3) is 3.92. The number of nitrogens with zero attached hydrogens (tertiary/aromatic N) is 3. The maximum atomic E-state index is 12.5. The zero-order chi connectivity index (χ0) is 18.2. The van der Waals surface area contributed by atoms with E-state index in [1.807, 2.05) is 6.92 Å². The van der Waals surface area contributed by atoms with E-state index < -0.39 is 11.7 Å². The van der Waals surface area contributed by atoms with Crippen LogP contribution in [0.25, 0.3) is 0 Å². The second-order valence-corrected chi connectivity index (χ2v) is 7.01. The highest BCUT2D eigenvalue weighted by atomic mass is 32.1. The van der Waals surface area contributed by atoms with Gasteiger partial charge < -0.3 is 9.64 Å². The van der Waals surface area contributed by atoms with Crippen LogP contribution in [-0.2, 0) is 6.18 Å². The number of ether oxygens (including phenoxy) is 1. The number of amides is 1. The molecular weight excluding hydrogens is 355 g/mol. The van der Waals surface area contributed by atoms with Gasteiger partial charge in [-0.2, -0.15) is 13.2 Å². The van der Waals surface area contributed by atoms with Crippen LogP contribution >= 0.6 is 11.3 Å². The molecule has 25 heavy (non-hydrogen) atoms. The van der Waals surface area contributed by atoms with Crippen molar-refractivity contribution in [2.24, 2.45) is 0 Å².